The van der Waals surface area contributed by atoms with E-state index in [0.717, 1.165) is 5.69 Å². The zero-order chi connectivity index (χ0) is 15.0. The molecule has 2 amide bonds. The number of rotatable bonds is 7. The summed E-state index contributed by atoms with van der Waals surface area (Å²) in [5.41, 5.74) is 0.746. The van der Waals surface area contributed by atoms with Crippen molar-refractivity contribution >= 4 is 17.5 Å². The van der Waals surface area contributed by atoms with Gasteiger partial charge >= 0.3 is 0 Å². The molecule has 0 heterocycles. The van der Waals surface area contributed by atoms with Crippen molar-refractivity contribution < 1.29 is 9.59 Å². The topological polar surface area (TPSA) is 70.2 Å². The molecule has 5 heteroatoms. The molecule has 0 radical (unpaired) electrons. The van der Waals surface area contributed by atoms with Gasteiger partial charge in [-0.25, -0.2) is 0 Å². The predicted octanol–water partition coefficient (Wildman–Crippen LogP) is 1.38. The summed E-state index contributed by atoms with van der Waals surface area (Å²) in [5, 5.41) is 8.48. The fourth-order valence-electron chi connectivity index (χ4n) is 1.49. The molecule has 0 aliphatic carbocycles. The van der Waals surface area contributed by atoms with E-state index in [2.05, 4.69) is 16.0 Å². The second-order valence-electron chi connectivity index (χ2n) is 5.16. The van der Waals surface area contributed by atoms with Gasteiger partial charge in [0.15, 0.2) is 0 Å². The molecule has 0 spiro atoms. The molecule has 1 rings (SSSR count). The van der Waals surface area contributed by atoms with E-state index in [-0.39, 0.29) is 18.4 Å². The number of nitrogens with one attached hydrogen (secondary N) is 3. The molecule has 1 aromatic carbocycles. The van der Waals surface area contributed by atoms with Crippen LogP contribution in [0.25, 0.3) is 0 Å². The zero-order valence-electron chi connectivity index (χ0n) is 12.3. The van der Waals surface area contributed by atoms with E-state index in [9.17, 15) is 9.59 Å². The predicted molar refractivity (Wildman–Crippen MR) is 80.4 cm³/mol. The van der Waals surface area contributed by atoms with Crippen LogP contribution in [0.3, 0.4) is 0 Å². The van der Waals surface area contributed by atoms with E-state index in [1.54, 1.807) is 6.92 Å². The Morgan fingerprint density at radius 2 is 1.75 bits per heavy atom. The molecule has 5 nitrogen and oxygen atoms in total. The molecular formula is C15H23N3O2. The van der Waals surface area contributed by atoms with Crippen LogP contribution in [0, 0.1) is 5.92 Å². The zero-order valence-corrected chi connectivity index (χ0v) is 12.3. The third-order valence-corrected chi connectivity index (χ3v) is 2.71. The monoisotopic (exact) mass is 277 g/mol. The Bertz CT molecular complexity index is 432. The first-order valence-corrected chi connectivity index (χ1v) is 6.85. The first-order chi connectivity index (χ1) is 9.49. The maximum atomic E-state index is 11.9. The molecule has 0 saturated carbocycles. The van der Waals surface area contributed by atoms with Gasteiger partial charge in [0.1, 0.15) is 0 Å². The smallest absolute Gasteiger partial charge is 0.241 e. The second kappa shape index (κ2) is 8.32. The Balaban J connectivity index is 2.30. The Kier molecular flexibility index (Phi) is 6.73. The van der Waals surface area contributed by atoms with Crippen molar-refractivity contribution in [3.05, 3.63) is 30.3 Å². The number of hydrogen-bond acceptors (Lipinski definition) is 3. The van der Waals surface area contributed by atoms with Crippen LogP contribution in [0.15, 0.2) is 30.3 Å². The van der Waals surface area contributed by atoms with Gasteiger partial charge in [-0.1, -0.05) is 32.0 Å². The van der Waals surface area contributed by atoms with E-state index < -0.39 is 6.04 Å². The number of hydrogen-bond donors (Lipinski definition) is 3. The van der Waals surface area contributed by atoms with Crippen LogP contribution in [-0.2, 0) is 9.59 Å². The SMILES string of the molecule is CC(C)CNC(=O)CNC(C)C(=O)Nc1ccccc1. The van der Waals surface area contributed by atoms with Gasteiger partial charge in [0.05, 0.1) is 12.6 Å². The normalized spacial score (nSPS) is 12.0. The summed E-state index contributed by atoms with van der Waals surface area (Å²) in [7, 11) is 0. The quantitative estimate of drug-likeness (QED) is 0.705. The number of carbonyl (C=O) groups excluding carboxylic acids is 2. The summed E-state index contributed by atoms with van der Waals surface area (Å²) >= 11 is 0. The summed E-state index contributed by atoms with van der Waals surface area (Å²) in [4.78, 5) is 23.4. The van der Waals surface area contributed by atoms with Crippen molar-refractivity contribution in [2.45, 2.75) is 26.8 Å². The molecule has 0 aliphatic heterocycles. The van der Waals surface area contributed by atoms with E-state index in [4.69, 9.17) is 0 Å². The molecule has 0 fully saturated rings. The van der Waals surface area contributed by atoms with Crippen molar-refractivity contribution in [3.8, 4) is 0 Å². The molecule has 0 aromatic heterocycles. The fraction of sp³-hybridized carbons (Fsp3) is 0.467. The molecule has 110 valence electrons. The average Bonchev–Trinajstić information content (AvgIpc) is 2.43. The van der Waals surface area contributed by atoms with Gasteiger partial charge < -0.3 is 10.6 Å². The van der Waals surface area contributed by atoms with Gasteiger partial charge in [-0.05, 0) is 25.0 Å². The minimum Gasteiger partial charge on any atom is -0.355 e. The lowest BCUT2D eigenvalue weighted by Gasteiger charge is -2.14. The molecule has 1 unspecified atom stereocenters. The average molecular weight is 277 g/mol. The number of anilines is 1. The molecule has 0 saturated heterocycles. The van der Waals surface area contributed by atoms with Gasteiger partial charge in [-0.2, -0.15) is 0 Å². The number of benzene rings is 1. The van der Waals surface area contributed by atoms with Crippen LogP contribution in [-0.4, -0.2) is 30.9 Å². The maximum absolute atomic E-state index is 11.9. The van der Waals surface area contributed by atoms with Crippen LogP contribution >= 0.6 is 0 Å². The van der Waals surface area contributed by atoms with Crippen molar-refractivity contribution in [1.82, 2.24) is 10.6 Å². The van der Waals surface area contributed by atoms with Crippen LogP contribution in [0.5, 0.6) is 0 Å². The highest BCUT2D eigenvalue weighted by molar-refractivity contribution is 5.94. The van der Waals surface area contributed by atoms with Gasteiger partial charge in [0.2, 0.25) is 11.8 Å². The van der Waals surface area contributed by atoms with Gasteiger partial charge in [-0.3, -0.25) is 14.9 Å². The van der Waals surface area contributed by atoms with Crippen molar-refractivity contribution in [2.75, 3.05) is 18.4 Å². The van der Waals surface area contributed by atoms with Crippen LogP contribution < -0.4 is 16.0 Å². The third kappa shape index (κ3) is 6.33. The number of carbonyl (C=O) groups is 2. The van der Waals surface area contributed by atoms with Crippen molar-refractivity contribution in [1.29, 1.82) is 0 Å². The summed E-state index contributed by atoms with van der Waals surface area (Å²) in [6.07, 6.45) is 0. The van der Waals surface area contributed by atoms with E-state index in [1.807, 2.05) is 44.2 Å². The standard InChI is InChI=1S/C15H23N3O2/c1-11(2)9-17-14(19)10-16-12(3)15(20)18-13-7-5-4-6-8-13/h4-8,11-12,16H,9-10H2,1-3H3,(H,17,19)(H,18,20). The Hall–Kier alpha value is -1.88. The summed E-state index contributed by atoms with van der Waals surface area (Å²) in [6.45, 7) is 6.57. The number of amides is 2. The highest BCUT2D eigenvalue weighted by Crippen LogP contribution is 2.05. The van der Waals surface area contributed by atoms with E-state index >= 15 is 0 Å². The van der Waals surface area contributed by atoms with Gasteiger partial charge in [0, 0.05) is 12.2 Å². The molecule has 1 aromatic rings. The summed E-state index contributed by atoms with van der Waals surface area (Å²) < 4.78 is 0. The van der Waals surface area contributed by atoms with Crippen LogP contribution in [0.1, 0.15) is 20.8 Å². The third-order valence-electron chi connectivity index (χ3n) is 2.71. The Morgan fingerprint density at radius 3 is 2.35 bits per heavy atom. The lowest BCUT2D eigenvalue weighted by Crippen LogP contribution is -2.44. The summed E-state index contributed by atoms with van der Waals surface area (Å²) in [5.74, 6) is 0.156. The Morgan fingerprint density at radius 1 is 1.10 bits per heavy atom. The van der Waals surface area contributed by atoms with E-state index in [1.165, 1.54) is 0 Å². The highest BCUT2D eigenvalue weighted by atomic mass is 16.2. The van der Waals surface area contributed by atoms with Crippen molar-refractivity contribution in [3.63, 3.8) is 0 Å². The number of para-hydroxylation sites is 1. The largest absolute Gasteiger partial charge is 0.355 e. The Labute approximate surface area is 120 Å². The first-order valence-electron chi connectivity index (χ1n) is 6.85. The molecule has 3 N–H and O–H groups in total. The van der Waals surface area contributed by atoms with Gasteiger partial charge in [0.25, 0.3) is 0 Å². The lowest BCUT2D eigenvalue weighted by molar-refractivity contribution is -0.121. The molecule has 0 aliphatic rings. The molecular weight excluding hydrogens is 254 g/mol. The minimum atomic E-state index is -0.431. The maximum Gasteiger partial charge on any atom is 0.241 e. The van der Waals surface area contributed by atoms with E-state index in [0.29, 0.717) is 12.5 Å². The lowest BCUT2D eigenvalue weighted by atomic mass is 10.2. The molecule has 1 atom stereocenters. The molecule has 0 bridgehead atoms. The second-order valence-corrected chi connectivity index (χ2v) is 5.16. The van der Waals surface area contributed by atoms with Crippen LogP contribution in [0.2, 0.25) is 0 Å². The summed E-state index contributed by atoms with van der Waals surface area (Å²) in [6, 6.07) is 8.80. The van der Waals surface area contributed by atoms with Gasteiger partial charge in [-0.15, -0.1) is 0 Å². The highest BCUT2D eigenvalue weighted by Gasteiger charge is 2.13. The first kappa shape index (κ1) is 16.2. The van der Waals surface area contributed by atoms with Crippen molar-refractivity contribution in [2.24, 2.45) is 5.92 Å². The van der Waals surface area contributed by atoms with Crippen LogP contribution in [0.4, 0.5) is 5.69 Å². The minimum absolute atomic E-state index is 0.0990. The fourth-order valence-corrected chi connectivity index (χ4v) is 1.49. The molecule has 20 heavy (non-hydrogen) atoms.